The van der Waals surface area contributed by atoms with E-state index >= 15 is 0 Å². The Balaban J connectivity index is 1.94. The maximum absolute atomic E-state index is 12.2. The summed E-state index contributed by atoms with van der Waals surface area (Å²) in [6.45, 7) is 3.24. The quantitative estimate of drug-likeness (QED) is 0.567. The Kier molecular flexibility index (Phi) is 7.69. The lowest BCUT2D eigenvalue weighted by Crippen LogP contribution is -2.36. The highest BCUT2D eigenvalue weighted by atomic mass is 19.3. The van der Waals surface area contributed by atoms with E-state index in [9.17, 15) is 8.78 Å². The first kappa shape index (κ1) is 18.7. The van der Waals surface area contributed by atoms with E-state index in [2.05, 4.69) is 15.6 Å². The molecule has 0 saturated carbocycles. The van der Waals surface area contributed by atoms with Gasteiger partial charge in [-0.05, 0) is 30.2 Å². The van der Waals surface area contributed by atoms with E-state index in [1.807, 2.05) is 43.3 Å². The predicted octanol–water partition coefficient (Wildman–Crippen LogP) is 3.59. The average molecular weight is 347 g/mol. The topological polar surface area (TPSA) is 45.7 Å². The van der Waals surface area contributed by atoms with Gasteiger partial charge in [0.2, 0.25) is 0 Å². The normalized spacial score (nSPS) is 11.4. The van der Waals surface area contributed by atoms with E-state index < -0.39 is 13.0 Å². The van der Waals surface area contributed by atoms with E-state index in [0.29, 0.717) is 24.8 Å². The average Bonchev–Trinajstić information content (AvgIpc) is 2.63. The van der Waals surface area contributed by atoms with E-state index in [1.54, 1.807) is 18.2 Å². The second-order valence-electron chi connectivity index (χ2n) is 5.38. The molecule has 2 aromatic carbocycles. The number of nitrogens with zero attached hydrogens (tertiary/aromatic N) is 1. The molecule has 6 heteroatoms. The molecule has 0 aliphatic carbocycles. The van der Waals surface area contributed by atoms with Crippen LogP contribution in [0.1, 0.15) is 18.1 Å². The van der Waals surface area contributed by atoms with Gasteiger partial charge >= 0.3 is 0 Å². The Morgan fingerprint density at radius 3 is 2.52 bits per heavy atom. The molecular weight excluding hydrogens is 324 g/mol. The number of hydrogen-bond donors (Lipinski definition) is 2. The van der Waals surface area contributed by atoms with Crippen molar-refractivity contribution in [2.24, 2.45) is 4.99 Å². The van der Waals surface area contributed by atoms with Crippen LogP contribution in [0, 0.1) is 0 Å². The van der Waals surface area contributed by atoms with Crippen molar-refractivity contribution in [2.45, 2.75) is 26.4 Å². The number of benzene rings is 2. The maximum atomic E-state index is 12.2. The molecule has 0 aliphatic heterocycles. The molecule has 0 heterocycles. The molecule has 0 aromatic heterocycles. The zero-order valence-electron chi connectivity index (χ0n) is 14.2. The van der Waals surface area contributed by atoms with Crippen molar-refractivity contribution in [1.82, 2.24) is 10.6 Å². The van der Waals surface area contributed by atoms with Crippen LogP contribution in [-0.2, 0) is 13.1 Å². The molecule has 2 aromatic rings. The van der Waals surface area contributed by atoms with Gasteiger partial charge in [-0.15, -0.1) is 0 Å². The van der Waals surface area contributed by atoms with Crippen LogP contribution in [0.5, 0.6) is 5.75 Å². The van der Waals surface area contributed by atoms with E-state index in [1.165, 1.54) is 0 Å². The predicted molar refractivity (Wildman–Crippen MR) is 96.0 cm³/mol. The van der Waals surface area contributed by atoms with Crippen molar-refractivity contribution in [1.29, 1.82) is 0 Å². The van der Waals surface area contributed by atoms with Gasteiger partial charge in [-0.3, -0.25) is 0 Å². The van der Waals surface area contributed by atoms with Gasteiger partial charge in [0.05, 0.1) is 6.54 Å². The number of aliphatic imine (C=N–C) groups is 1. The second kappa shape index (κ2) is 10.3. The van der Waals surface area contributed by atoms with Crippen molar-refractivity contribution in [3.63, 3.8) is 0 Å². The third-order valence-corrected chi connectivity index (χ3v) is 3.34. The maximum Gasteiger partial charge on any atom is 0.272 e. The lowest BCUT2D eigenvalue weighted by Gasteiger charge is -2.12. The van der Waals surface area contributed by atoms with Crippen LogP contribution < -0.4 is 15.4 Å². The van der Waals surface area contributed by atoms with Crippen molar-refractivity contribution >= 4 is 5.96 Å². The van der Waals surface area contributed by atoms with Crippen LogP contribution in [0.25, 0.3) is 0 Å². The van der Waals surface area contributed by atoms with Gasteiger partial charge in [-0.25, -0.2) is 13.8 Å². The SMILES string of the molecule is CCNC(=NCc1cccc(OCC(F)F)c1)NCc1ccccc1. The lowest BCUT2D eigenvalue weighted by molar-refractivity contribution is 0.0818. The van der Waals surface area contributed by atoms with Gasteiger partial charge in [0, 0.05) is 13.1 Å². The van der Waals surface area contributed by atoms with Gasteiger partial charge in [0.25, 0.3) is 6.43 Å². The van der Waals surface area contributed by atoms with Crippen molar-refractivity contribution in [2.75, 3.05) is 13.2 Å². The Morgan fingerprint density at radius 1 is 1.04 bits per heavy atom. The van der Waals surface area contributed by atoms with E-state index in [-0.39, 0.29) is 0 Å². The van der Waals surface area contributed by atoms with E-state index in [0.717, 1.165) is 17.7 Å². The molecule has 0 radical (unpaired) electrons. The molecule has 0 spiro atoms. The monoisotopic (exact) mass is 347 g/mol. The molecule has 4 nitrogen and oxygen atoms in total. The zero-order valence-corrected chi connectivity index (χ0v) is 14.2. The minimum absolute atomic E-state index is 0.426. The van der Waals surface area contributed by atoms with Crippen LogP contribution in [0.4, 0.5) is 8.78 Å². The molecule has 25 heavy (non-hydrogen) atoms. The summed E-state index contributed by atoms with van der Waals surface area (Å²) < 4.78 is 29.5. The molecule has 0 aliphatic rings. The number of guanidine groups is 1. The molecule has 0 bridgehead atoms. The third-order valence-electron chi connectivity index (χ3n) is 3.34. The lowest BCUT2D eigenvalue weighted by atomic mass is 10.2. The zero-order chi connectivity index (χ0) is 17.9. The largest absolute Gasteiger partial charge is 0.488 e. The Morgan fingerprint density at radius 2 is 1.80 bits per heavy atom. The summed E-state index contributed by atoms with van der Waals surface area (Å²) in [4.78, 5) is 4.53. The van der Waals surface area contributed by atoms with Crippen LogP contribution >= 0.6 is 0 Å². The molecule has 2 rings (SSSR count). The highest BCUT2D eigenvalue weighted by Crippen LogP contribution is 2.15. The number of alkyl halides is 2. The molecule has 2 N–H and O–H groups in total. The summed E-state index contributed by atoms with van der Waals surface area (Å²) >= 11 is 0. The van der Waals surface area contributed by atoms with Crippen LogP contribution in [0.2, 0.25) is 0 Å². The number of halogens is 2. The second-order valence-corrected chi connectivity index (χ2v) is 5.38. The number of rotatable bonds is 8. The molecular formula is C19H23F2N3O. The van der Waals surface area contributed by atoms with Crippen LogP contribution in [0.3, 0.4) is 0 Å². The van der Waals surface area contributed by atoms with Crippen molar-refractivity contribution < 1.29 is 13.5 Å². The van der Waals surface area contributed by atoms with Crippen molar-refractivity contribution in [3.05, 3.63) is 65.7 Å². The molecule has 0 unspecified atom stereocenters. The van der Waals surface area contributed by atoms with Gasteiger partial charge in [0.1, 0.15) is 12.4 Å². The minimum atomic E-state index is -2.48. The number of hydrogen-bond acceptors (Lipinski definition) is 2. The molecule has 0 fully saturated rings. The van der Waals surface area contributed by atoms with Gasteiger partial charge < -0.3 is 15.4 Å². The van der Waals surface area contributed by atoms with Crippen molar-refractivity contribution in [3.8, 4) is 5.75 Å². The molecule has 0 atom stereocenters. The highest BCUT2D eigenvalue weighted by Gasteiger charge is 2.04. The van der Waals surface area contributed by atoms with Gasteiger partial charge in [-0.1, -0.05) is 42.5 Å². The standard InChI is InChI=1S/C19H23F2N3O/c1-2-22-19(23-12-15-7-4-3-5-8-15)24-13-16-9-6-10-17(11-16)25-14-18(20)21/h3-11,18H,2,12-14H2,1H3,(H2,22,23,24). The summed E-state index contributed by atoms with van der Waals surface area (Å²) in [5.41, 5.74) is 2.05. The fourth-order valence-corrected chi connectivity index (χ4v) is 2.19. The fourth-order valence-electron chi connectivity index (χ4n) is 2.19. The first-order chi connectivity index (χ1) is 12.2. The summed E-state index contributed by atoms with van der Waals surface area (Å²) in [5.74, 6) is 1.13. The first-order valence-electron chi connectivity index (χ1n) is 8.23. The summed E-state index contributed by atoms with van der Waals surface area (Å²) in [6.07, 6.45) is -2.48. The summed E-state index contributed by atoms with van der Waals surface area (Å²) in [7, 11) is 0. The molecule has 0 saturated heterocycles. The Bertz CT molecular complexity index is 663. The van der Waals surface area contributed by atoms with E-state index in [4.69, 9.17) is 4.74 Å². The highest BCUT2D eigenvalue weighted by molar-refractivity contribution is 5.79. The first-order valence-corrected chi connectivity index (χ1v) is 8.23. The van der Waals surface area contributed by atoms with Crippen LogP contribution in [-0.4, -0.2) is 25.5 Å². The van der Waals surface area contributed by atoms with Crippen LogP contribution in [0.15, 0.2) is 59.6 Å². The molecule has 0 amide bonds. The summed E-state index contributed by atoms with van der Waals surface area (Å²) in [5, 5.41) is 6.46. The summed E-state index contributed by atoms with van der Waals surface area (Å²) in [6, 6.07) is 17.1. The minimum Gasteiger partial charge on any atom is -0.488 e. The smallest absolute Gasteiger partial charge is 0.272 e. The number of ether oxygens (including phenoxy) is 1. The Hall–Kier alpha value is -2.63. The fraction of sp³-hybridized carbons (Fsp3) is 0.316. The third kappa shape index (κ3) is 7.20. The molecule has 134 valence electrons. The Labute approximate surface area is 146 Å². The van der Waals surface area contributed by atoms with Gasteiger partial charge in [0.15, 0.2) is 5.96 Å². The van der Waals surface area contributed by atoms with Gasteiger partial charge in [-0.2, -0.15) is 0 Å². The number of nitrogens with one attached hydrogen (secondary N) is 2.